The molecule has 0 saturated carbocycles. The number of carbonyl (C=O) groups excluding carboxylic acids is 1. The van der Waals surface area contributed by atoms with E-state index in [-0.39, 0.29) is 29.1 Å². The van der Waals surface area contributed by atoms with Crippen LogP contribution in [0.5, 0.6) is 0 Å². The standard InChI is InChI=1S/C13H17ClFNO/c1-8(2)10(7-16)13(17)6-9-3-4-12(15)11(14)5-9/h3-5,8,10H,6-7,16H2,1-2H3. The number of carbonyl (C=O) groups is 1. The second kappa shape index (κ2) is 6.12. The molecule has 0 aromatic heterocycles. The summed E-state index contributed by atoms with van der Waals surface area (Å²) in [7, 11) is 0. The maximum absolute atomic E-state index is 13.0. The zero-order valence-corrected chi connectivity index (χ0v) is 10.8. The van der Waals surface area contributed by atoms with Crippen LogP contribution in [0.3, 0.4) is 0 Å². The predicted octanol–water partition coefficient (Wildman–Crippen LogP) is 2.82. The lowest BCUT2D eigenvalue weighted by atomic mass is 9.88. The minimum atomic E-state index is -0.470. The molecule has 1 aromatic rings. The molecule has 0 amide bonds. The van der Waals surface area contributed by atoms with Crippen molar-refractivity contribution in [2.24, 2.45) is 17.6 Å². The Bertz CT molecular complexity index is 406. The zero-order valence-electron chi connectivity index (χ0n) is 10.0. The van der Waals surface area contributed by atoms with E-state index < -0.39 is 5.82 Å². The van der Waals surface area contributed by atoms with Crippen LogP contribution < -0.4 is 5.73 Å². The van der Waals surface area contributed by atoms with Gasteiger partial charge in [-0.2, -0.15) is 0 Å². The van der Waals surface area contributed by atoms with E-state index >= 15 is 0 Å². The molecule has 1 atom stereocenters. The van der Waals surface area contributed by atoms with Crippen molar-refractivity contribution in [2.45, 2.75) is 20.3 Å². The van der Waals surface area contributed by atoms with Crippen LogP contribution in [-0.2, 0) is 11.2 Å². The third-order valence-corrected chi connectivity index (χ3v) is 3.12. The summed E-state index contributed by atoms with van der Waals surface area (Å²) >= 11 is 5.66. The second-order valence-electron chi connectivity index (χ2n) is 4.48. The third kappa shape index (κ3) is 3.79. The molecular weight excluding hydrogens is 241 g/mol. The summed E-state index contributed by atoms with van der Waals surface area (Å²) in [5.74, 6) is -0.338. The van der Waals surface area contributed by atoms with Gasteiger partial charge in [-0.25, -0.2) is 4.39 Å². The molecule has 4 heteroatoms. The highest BCUT2D eigenvalue weighted by atomic mass is 35.5. The fraction of sp³-hybridized carbons (Fsp3) is 0.462. The van der Waals surface area contributed by atoms with Crippen molar-refractivity contribution < 1.29 is 9.18 Å². The van der Waals surface area contributed by atoms with Crippen molar-refractivity contribution in [1.82, 2.24) is 0 Å². The first-order chi connectivity index (χ1) is 7.95. The highest BCUT2D eigenvalue weighted by Gasteiger charge is 2.20. The maximum atomic E-state index is 13.0. The van der Waals surface area contributed by atoms with Gasteiger partial charge in [0.2, 0.25) is 0 Å². The first kappa shape index (κ1) is 14.1. The molecule has 0 aliphatic rings. The van der Waals surface area contributed by atoms with Crippen molar-refractivity contribution in [2.75, 3.05) is 6.54 Å². The van der Waals surface area contributed by atoms with Crippen LogP contribution in [-0.4, -0.2) is 12.3 Å². The van der Waals surface area contributed by atoms with Crippen molar-refractivity contribution in [1.29, 1.82) is 0 Å². The number of rotatable bonds is 5. The van der Waals surface area contributed by atoms with Crippen molar-refractivity contribution in [3.05, 3.63) is 34.6 Å². The number of ketones is 1. The zero-order chi connectivity index (χ0) is 13.0. The van der Waals surface area contributed by atoms with Crippen molar-refractivity contribution in [3.8, 4) is 0 Å². The van der Waals surface area contributed by atoms with Crippen molar-refractivity contribution >= 4 is 17.4 Å². The molecule has 1 aromatic carbocycles. The molecule has 0 aliphatic carbocycles. The molecule has 17 heavy (non-hydrogen) atoms. The minimum Gasteiger partial charge on any atom is -0.330 e. The lowest BCUT2D eigenvalue weighted by Gasteiger charge is -2.17. The van der Waals surface area contributed by atoms with Gasteiger partial charge in [0.1, 0.15) is 11.6 Å². The van der Waals surface area contributed by atoms with E-state index in [9.17, 15) is 9.18 Å². The number of Topliss-reactive ketones (excluding diaryl/α,β-unsaturated/α-hetero) is 1. The Labute approximate surface area is 106 Å². The normalized spacial score (nSPS) is 12.8. The summed E-state index contributed by atoms with van der Waals surface area (Å²) < 4.78 is 13.0. The molecule has 94 valence electrons. The summed E-state index contributed by atoms with van der Waals surface area (Å²) in [5.41, 5.74) is 6.30. The van der Waals surface area contributed by atoms with Gasteiger partial charge in [-0.05, 0) is 23.6 Å². The van der Waals surface area contributed by atoms with E-state index in [4.69, 9.17) is 17.3 Å². The first-order valence-corrected chi connectivity index (χ1v) is 6.00. The van der Waals surface area contributed by atoms with E-state index in [1.807, 2.05) is 13.8 Å². The minimum absolute atomic E-state index is 0.0455. The van der Waals surface area contributed by atoms with Gasteiger partial charge < -0.3 is 5.73 Å². The number of benzene rings is 1. The Morgan fingerprint density at radius 1 is 1.47 bits per heavy atom. The Balaban J connectivity index is 2.77. The van der Waals surface area contributed by atoms with Crippen LogP contribution in [0.2, 0.25) is 5.02 Å². The molecule has 0 aliphatic heterocycles. The first-order valence-electron chi connectivity index (χ1n) is 5.62. The average molecular weight is 258 g/mol. The molecule has 2 nitrogen and oxygen atoms in total. The van der Waals surface area contributed by atoms with Crippen LogP contribution in [0.25, 0.3) is 0 Å². The van der Waals surface area contributed by atoms with Gasteiger partial charge in [-0.1, -0.05) is 31.5 Å². The Morgan fingerprint density at radius 2 is 2.12 bits per heavy atom. The van der Waals surface area contributed by atoms with E-state index in [0.717, 1.165) is 5.56 Å². The summed E-state index contributed by atoms with van der Waals surface area (Å²) in [6.07, 6.45) is 0.250. The van der Waals surface area contributed by atoms with Gasteiger partial charge >= 0.3 is 0 Å². The van der Waals surface area contributed by atoms with Gasteiger partial charge in [-0.3, -0.25) is 4.79 Å². The summed E-state index contributed by atoms with van der Waals surface area (Å²) in [5, 5.41) is 0.0455. The van der Waals surface area contributed by atoms with E-state index in [1.54, 1.807) is 6.07 Å². The summed E-state index contributed by atoms with van der Waals surface area (Å²) in [4.78, 5) is 12.0. The summed E-state index contributed by atoms with van der Waals surface area (Å²) in [6, 6.07) is 4.34. The summed E-state index contributed by atoms with van der Waals surface area (Å²) in [6.45, 7) is 4.27. The van der Waals surface area contributed by atoms with Crippen LogP contribution in [0.4, 0.5) is 4.39 Å². The largest absolute Gasteiger partial charge is 0.330 e. The average Bonchev–Trinajstić information content (AvgIpc) is 2.24. The monoisotopic (exact) mass is 257 g/mol. The number of nitrogens with two attached hydrogens (primary N) is 1. The quantitative estimate of drug-likeness (QED) is 0.881. The van der Waals surface area contributed by atoms with Gasteiger partial charge in [0.05, 0.1) is 5.02 Å². The molecule has 0 fully saturated rings. The molecule has 0 saturated heterocycles. The molecule has 2 N–H and O–H groups in total. The van der Waals surface area contributed by atoms with Gasteiger partial charge in [0, 0.05) is 18.9 Å². The Hall–Kier alpha value is -0.930. The van der Waals surface area contributed by atoms with Crippen LogP contribution in [0.1, 0.15) is 19.4 Å². The van der Waals surface area contributed by atoms with Gasteiger partial charge in [0.25, 0.3) is 0 Å². The molecule has 0 radical (unpaired) electrons. The smallest absolute Gasteiger partial charge is 0.141 e. The second-order valence-corrected chi connectivity index (χ2v) is 4.88. The van der Waals surface area contributed by atoms with E-state index in [2.05, 4.69) is 0 Å². The van der Waals surface area contributed by atoms with Gasteiger partial charge in [-0.15, -0.1) is 0 Å². The topological polar surface area (TPSA) is 43.1 Å². The molecule has 1 unspecified atom stereocenters. The van der Waals surface area contributed by atoms with Crippen molar-refractivity contribution in [3.63, 3.8) is 0 Å². The number of halogens is 2. The van der Waals surface area contributed by atoms with Crippen LogP contribution in [0.15, 0.2) is 18.2 Å². The fourth-order valence-electron chi connectivity index (χ4n) is 1.76. The predicted molar refractivity (Wildman–Crippen MR) is 67.5 cm³/mol. The van der Waals surface area contributed by atoms with Crippen LogP contribution >= 0.6 is 11.6 Å². The Kier molecular flexibility index (Phi) is 5.09. The van der Waals surface area contributed by atoms with Crippen LogP contribution in [0, 0.1) is 17.7 Å². The highest BCUT2D eigenvalue weighted by Crippen LogP contribution is 2.19. The number of hydrogen-bond donors (Lipinski definition) is 1. The molecule has 0 bridgehead atoms. The molecule has 1 rings (SSSR count). The third-order valence-electron chi connectivity index (χ3n) is 2.83. The fourth-order valence-corrected chi connectivity index (χ4v) is 1.96. The van der Waals surface area contributed by atoms with E-state index in [0.29, 0.717) is 6.54 Å². The Morgan fingerprint density at radius 3 is 2.59 bits per heavy atom. The SMILES string of the molecule is CC(C)C(CN)C(=O)Cc1ccc(F)c(Cl)c1. The van der Waals surface area contributed by atoms with Gasteiger partial charge in [0.15, 0.2) is 0 Å². The molecular formula is C13H17ClFNO. The van der Waals surface area contributed by atoms with E-state index in [1.165, 1.54) is 12.1 Å². The lowest BCUT2D eigenvalue weighted by Crippen LogP contribution is -2.29. The molecule has 0 spiro atoms. The molecule has 0 heterocycles. The highest BCUT2D eigenvalue weighted by molar-refractivity contribution is 6.30. The maximum Gasteiger partial charge on any atom is 0.141 e. The number of hydrogen-bond acceptors (Lipinski definition) is 2. The lowest BCUT2D eigenvalue weighted by molar-refractivity contribution is -0.123.